The molecule has 0 aromatic rings. The molecule has 0 bridgehead atoms. The van der Waals surface area contributed by atoms with Crippen molar-refractivity contribution in [2.45, 2.75) is 0 Å². The summed E-state index contributed by atoms with van der Waals surface area (Å²) in [4.78, 5) is 8.11. The predicted molar refractivity (Wildman–Crippen MR) is 16.1 cm³/mol. The number of hydrogen-bond acceptors (Lipinski definition) is 2. The van der Waals surface area contributed by atoms with E-state index in [1.165, 1.54) is 5.34 Å². The first-order valence-electron chi connectivity index (χ1n) is 0.383. The first kappa shape index (κ1) is 9.06. The van der Waals surface area contributed by atoms with E-state index in [0.717, 1.165) is 0 Å². The summed E-state index contributed by atoms with van der Waals surface area (Å²) in [7, 11) is 0. The zero-order chi connectivity index (χ0) is 2.71. The van der Waals surface area contributed by atoms with E-state index in [4.69, 9.17) is 10.1 Å². The molecule has 0 aliphatic carbocycles. The van der Waals surface area contributed by atoms with E-state index in [-0.39, 0.29) is 17.4 Å². The summed E-state index contributed by atoms with van der Waals surface area (Å²) in [5, 5.41) is 7.89. The van der Waals surface area contributed by atoms with E-state index in [9.17, 15) is 0 Å². The summed E-state index contributed by atoms with van der Waals surface area (Å²) in [6, 6.07) is 0. The first-order valence-corrected chi connectivity index (χ1v) is 0.383. The molecular formula is H3AlNO2-. The van der Waals surface area contributed by atoms with Crippen LogP contribution in [0.4, 0.5) is 0 Å². The van der Waals surface area contributed by atoms with E-state index in [2.05, 4.69) is 0 Å². The van der Waals surface area contributed by atoms with Crippen molar-refractivity contribution in [2.75, 3.05) is 0 Å². The Hall–Kier alpha value is -0.0675. The van der Waals surface area contributed by atoms with Crippen LogP contribution in [0, 0.1) is 4.91 Å². The Morgan fingerprint density at radius 1 is 1.75 bits per heavy atom. The molecule has 2 radical (unpaired) electrons. The van der Waals surface area contributed by atoms with Crippen molar-refractivity contribution in [3.05, 3.63) is 4.91 Å². The second-order valence-electron chi connectivity index (χ2n) is 0.0816. The van der Waals surface area contributed by atoms with Gasteiger partial charge in [0.15, 0.2) is 5.34 Å². The predicted octanol–water partition coefficient (Wildman–Crippen LogP) is -0.774. The SMILES string of the molecule is O=NO.[AlH2-]. The van der Waals surface area contributed by atoms with E-state index < -0.39 is 0 Å². The third-order valence-electron chi connectivity index (χ3n) is 0. The highest BCUT2D eigenvalue weighted by molar-refractivity contribution is 5.75. The van der Waals surface area contributed by atoms with Gasteiger partial charge < -0.3 is 22.6 Å². The van der Waals surface area contributed by atoms with Crippen LogP contribution in [0.2, 0.25) is 0 Å². The van der Waals surface area contributed by atoms with Crippen LogP contribution in [0.1, 0.15) is 0 Å². The Balaban J connectivity index is 0. The van der Waals surface area contributed by atoms with Crippen molar-refractivity contribution in [1.29, 1.82) is 0 Å². The fraction of sp³-hybridized carbons (Fsp3) is 0. The van der Waals surface area contributed by atoms with Gasteiger partial charge in [-0.3, -0.25) is 0 Å². The molecule has 0 saturated carbocycles. The van der Waals surface area contributed by atoms with Gasteiger partial charge in [-0.05, 0) is 0 Å². The minimum Gasteiger partial charge on any atom is -0.379 e. The molecule has 0 saturated heterocycles. The van der Waals surface area contributed by atoms with Gasteiger partial charge in [0.2, 0.25) is 0 Å². The van der Waals surface area contributed by atoms with Gasteiger partial charge in [-0.15, -0.1) is 4.91 Å². The minimum atomic E-state index is 0. The minimum absolute atomic E-state index is 0. The van der Waals surface area contributed by atoms with Crippen LogP contribution in [-0.4, -0.2) is 22.6 Å². The van der Waals surface area contributed by atoms with Crippen molar-refractivity contribution in [1.82, 2.24) is 0 Å². The lowest BCUT2D eigenvalue weighted by molar-refractivity contribution is 0.312. The molecule has 1 N–H and O–H groups in total. The molecule has 0 aliphatic heterocycles. The van der Waals surface area contributed by atoms with Gasteiger partial charge in [-0.1, -0.05) is 0 Å². The first-order chi connectivity index (χ1) is 1.41. The maximum absolute atomic E-state index is 8.11. The van der Waals surface area contributed by atoms with Crippen molar-refractivity contribution >= 4 is 17.4 Å². The average Bonchev–Trinajstić information content (AvgIpc) is 0.918. The Labute approximate surface area is 33.7 Å². The van der Waals surface area contributed by atoms with Crippen LogP contribution in [-0.2, 0) is 0 Å². The highest BCUT2D eigenvalue weighted by Gasteiger charge is 1.18. The van der Waals surface area contributed by atoms with Gasteiger partial charge in [-0.2, -0.15) is 0 Å². The molecule has 4 heavy (non-hydrogen) atoms. The Morgan fingerprint density at radius 3 is 1.75 bits per heavy atom. The smallest absolute Gasteiger partial charge is 0.152 e. The lowest BCUT2D eigenvalue weighted by Gasteiger charge is -1.32. The fourth-order valence-corrected chi connectivity index (χ4v) is 0. The Kier molecular flexibility index (Phi) is 28.5. The molecule has 0 aromatic heterocycles. The van der Waals surface area contributed by atoms with E-state index in [1.807, 2.05) is 0 Å². The topological polar surface area (TPSA) is 49.7 Å². The zero-order valence-corrected chi connectivity index (χ0v) is 4.30. The third-order valence-corrected chi connectivity index (χ3v) is 0. The monoisotopic (exact) mass is 76.0 g/mol. The molecule has 4 heteroatoms. The average molecular weight is 76.0 g/mol. The van der Waals surface area contributed by atoms with Crippen LogP contribution in [0.3, 0.4) is 0 Å². The molecule has 0 rings (SSSR count). The van der Waals surface area contributed by atoms with Gasteiger partial charge in [0, 0.05) is 0 Å². The van der Waals surface area contributed by atoms with Crippen molar-refractivity contribution in [3.63, 3.8) is 0 Å². The van der Waals surface area contributed by atoms with Gasteiger partial charge >= 0.3 is 0 Å². The normalized spacial score (nSPS) is 3.00. The number of nitrogens with zero attached hydrogens (tertiary/aromatic N) is 1. The van der Waals surface area contributed by atoms with Crippen molar-refractivity contribution in [2.24, 2.45) is 5.34 Å². The maximum Gasteiger partial charge on any atom is 0.152 e. The molecule has 24 valence electrons. The third kappa shape index (κ3) is 368. The molecule has 0 unspecified atom stereocenters. The lowest BCUT2D eigenvalue weighted by atomic mass is 13.4. The molecule has 0 spiro atoms. The quantitative estimate of drug-likeness (QED) is 0.234. The van der Waals surface area contributed by atoms with Crippen LogP contribution in [0.25, 0.3) is 0 Å². The Morgan fingerprint density at radius 2 is 1.75 bits per heavy atom. The number of hydrogen-bond donors (Lipinski definition) is 1. The molecule has 0 fully saturated rings. The van der Waals surface area contributed by atoms with E-state index in [0.29, 0.717) is 0 Å². The van der Waals surface area contributed by atoms with Crippen LogP contribution >= 0.6 is 0 Å². The van der Waals surface area contributed by atoms with E-state index >= 15 is 0 Å². The summed E-state index contributed by atoms with van der Waals surface area (Å²) in [6.07, 6.45) is 0. The van der Waals surface area contributed by atoms with E-state index in [1.54, 1.807) is 0 Å². The van der Waals surface area contributed by atoms with Gasteiger partial charge in [0.25, 0.3) is 0 Å². The maximum atomic E-state index is 8.11. The second kappa shape index (κ2) is 12.6. The van der Waals surface area contributed by atoms with Crippen LogP contribution in [0.15, 0.2) is 5.34 Å². The van der Waals surface area contributed by atoms with Crippen LogP contribution < -0.4 is 0 Å². The van der Waals surface area contributed by atoms with Crippen LogP contribution in [0.5, 0.6) is 0 Å². The molecule has 0 aromatic carbocycles. The molecule has 0 atom stereocenters. The summed E-state index contributed by atoms with van der Waals surface area (Å²) >= 11 is 0. The molecule has 0 heterocycles. The molecular weight excluding hydrogens is 73.0 g/mol. The van der Waals surface area contributed by atoms with Crippen molar-refractivity contribution < 1.29 is 5.21 Å². The summed E-state index contributed by atoms with van der Waals surface area (Å²) in [6.45, 7) is 0. The second-order valence-corrected chi connectivity index (χ2v) is 0.0816. The molecule has 3 nitrogen and oxygen atoms in total. The van der Waals surface area contributed by atoms with Gasteiger partial charge in [0.1, 0.15) is 0 Å². The lowest BCUT2D eigenvalue weighted by Crippen LogP contribution is -1.25. The van der Waals surface area contributed by atoms with Gasteiger partial charge in [0.05, 0.1) is 0 Å². The standard InChI is InChI=1S/Al.HNO2.2H/c;2-1-3;;/h;(H,2,3);;/q-1;;;. The van der Waals surface area contributed by atoms with Gasteiger partial charge in [-0.25, -0.2) is 0 Å². The molecule has 0 amide bonds. The summed E-state index contributed by atoms with van der Waals surface area (Å²) in [5.74, 6) is 0. The largest absolute Gasteiger partial charge is 0.379 e. The highest BCUT2D eigenvalue weighted by atomic mass is 27.0. The summed E-state index contributed by atoms with van der Waals surface area (Å²) in [5.41, 5.74) is 0. The number of rotatable bonds is 0. The highest BCUT2D eigenvalue weighted by Crippen LogP contribution is 1.25. The summed E-state index contributed by atoms with van der Waals surface area (Å²) < 4.78 is 0. The molecule has 0 aliphatic rings. The fourth-order valence-electron chi connectivity index (χ4n) is 0. The van der Waals surface area contributed by atoms with Crippen molar-refractivity contribution in [3.8, 4) is 0 Å². The zero-order valence-electron chi connectivity index (χ0n) is 2.30. The Bertz CT molecular complexity index is 13.5.